The van der Waals surface area contributed by atoms with Gasteiger partial charge < -0.3 is 11.5 Å². The molecule has 1 aromatic rings. The summed E-state index contributed by atoms with van der Waals surface area (Å²) in [7, 11) is 0. The summed E-state index contributed by atoms with van der Waals surface area (Å²) in [6, 6.07) is 4.54. The summed E-state index contributed by atoms with van der Waals surface area (Å²) < 4.78 is 0. The van der Waals surface area contributed by atoms with Gasteiger partial charge >= 0.3 is 0 Å². The van der Waals surface area contributed by atoms with Crippen LogP contribution in [0, 0.1) is 20.8 Å². The molecule has 0 saturated carbocycles. The largest absolute Gasteiger partial charge is 0.326 e. The molecule has 1 aromatic carbocycles. The maximum atomic E-state index is 6.27. The van der Waals surface area contributed by atoms with Crippen molar-refractivity contribution in [3.63, 3.8) is 0 Å². The molecule has 96 valence electrons. The first-order chi connectivity index (χ1) is 7.70. The first-order valence-corrected chi connectivity index (χ1v) is 6.33. The lowest BCUT2D eigenvalue weighted by molar-refractivity contribution is 0.433. The number of hydrogen-bond donors (Lipinski definition) is 2. The lowest BCUT2D eigenvalue weighted by Gasteiger charge is -2.22. The first kappa shape index (κ1) is 14.2. The Kier molecular flexibility index (Phi) is 4.34. The zero-order valence-corrected chi connectivity index (χ0v) is 11.8. The van der Waals surface area contributed by atoms with E-state index in [2.05, 4.69) is 32.9 Å². The van der Waals surface area contributed by atoms with Gasteiger partial charge in [0.25, 0.3) is 0 Å². The van der Waals surface area contributed by atoms with E-state index in [-0.39, 0.29) is 11.6 Å². The number of hydrogen-bond acceptors (Lipinski definition) is 2. The molecule has 1 rings (SSSR count). The fourth-order valence-corrected chi connectivity index (χ4v) is 2.07. The van der Waals surface area contributed by atoms with E-state index in [1.165, 1.54) is 22.3 Å². The third-order valence-electron chi connectivity index (χ3n) is 3.38. The van der Waals surface area contributed by atoms with Crippen LogP contribution in [0.5, 0.6) is 0 Å². The summed E-state index contributed by atoms with van der Waals surface area (Å²) in [5.41, 5.74) is 17.3. The predicted octanol–water partition coefficient (Wildman–Crippen LogP) is 3.13. The number of benzene rings is 1. The van der Waals surface area contributed by atoms with E-state index < -0.39 is 0 Å². The molecule has 1 atom stereocenters. The predicted molar refractivity (Wildman–Crippen MR) is 75.1 cm³/mol. The van der Waals surface area contributed by atoms with Crippen LogP contribution in [0.15, 0.2) is 12.1 Å². The fraction of sp³-hybridized carbons (Fsp3) is 0.600. The Balaban J connectivity index is 2.82. The smallest absolute Gasteiger partial charge is 0.0298 e. The summed E-state index contributed by atoms with van der Waals surface area (Å²) in [6.07, 6.45) is 1.88. The third-order valence-corrected chi connectivity index (χ3v) is 3.38. The Labute approximate surface area is 105 Å². The van der Waals surface area contributed by atoms with Crippen LogP contribution < -0.4 is 11.5 Å². The Morgan fingerprint density at radius 3 is 2.12 bits per heavy atom. The highest BCUT2D eigenvalue weighted by molar-refractivity contribution is 5.38. The average molecular weight is 234 g/mol. The Morgan fingerprint density at radius 1 is 1.06 bits per heavy atom. The van der Waals surface area contributed by atoms with Gasteiger partial charge in [-0.25, -0.2) is 0 Å². The Bertz CT molecular complexity index is 389. The van der Waals surface area contributed by atoms with Gasteiger partial charge in [0.1, 0.15) is 0 Å². The summed E-state index contributed by atoms with van der Waals surface area (Å²) in [5.74, 6) is 0. The summed E-state index contributed by atoms with van der Waals surface area (Å²) in [6.45, 7) is 10.5. The van der Waals surface area contributed by atoms with Gasteiger partial charge in [0.2, 0.25) is 0 Å². The maximum absolute atomic E-state index is 6.27. The van der Waals surface area contributed by atoms with E-state index in [0.29, 0.717) is 0 Å². The highest BCUT2D eigenvalue weighted by atomic mass is 14.7. The summed E-state index contributed by atoms with van der Waals surface area (Å²) >= 11 is 0. The van der Waals surface area contributed by atoms with Crippen LogP contribution in [0.25, 0.3) is 0 Å². The minimum absolute atomic E-state index is 0.0946. The second kappa shape index (κ2) is 5.19. The molecule has 0 heterocycles. The van der Waals surface area contributed by atoms with Crippen LogP contribution in [-0.2, 0) is 0 Å². The monoisotopic (exact) mass is 234 g/mol. The van der Waals surface area contributed by atoms with E-state index >= 15 is 0 Å². The molecule has 17 heavy (non-hydrogen) atoms. The highest BCUT2D eigenvalue weighted by Crippen LogP contribution is 2.25. The fourth-order valence-electron chi connectivity index (χ4n) is 2.07. The molecule has 1 unspecified atom stereocenters. The molecule has 0 saturated heterocycles. The molecule has 4 N–H and O–H groups in total. The van der Waals surface area contributed by atoms with Crippen molar-refractivity contribution >= 4 is 0 Å². The molecule has 0 bridgehead atoms. The van der Waals surface area contributed by atoms with Crippen LogP contribution >= 0.6 is 0 Å². The molecule has 0 radical (unpaired) electrons. The van der Waals surface area contributed by atoms with E-state index in [0.717, 1.165) is 12.8 Å². The van der Waals surface area contributed by atoms with Gasteiger partial charge in [-0.15, -0.1) is 0 Å². The van der Waals surface area contributed by atoms with Gasteiger partial charge in [-0.1, -0.05) is 12.1 Å². The number of aryl methyl sites for hydroxylation is 3. The second-order valence-corrected chi connectivity index (χ2v) is 5.93. The van der Waals surface area contributed by atoms with Crippen molar-refractivity contribution in [2.45, 2.75) is 59.0 Å². The molecular formula is C15H26N2. The van der Waals surface area contributed by atoms with E-state index in [1.807, 2.05) is 13.8 Å². The molecule has 0 aliphatic rings. The van der Waals surface area contributed by atoms with Gasteiger partial charge in [0.05, 0.1) is 0 Å². The summed E-state index contributed by atoms with van der Waals surface area (Å²) in [4.78, 5) is 0. The van der Waals surface area contributed by atoms with Crippen molar-refractivity contribution in [3.05, 3.63) is 34.4 Å². The molecule has 2 heteroatoms. The normalized spacial score (nSPS) is 13.8. The summed E-state index contributed by atoms with van der Waals surface area (Å²) in [5, 5.41) is 0. The van der Waals surface area contributed by atoms with Gasteiger partial charge in [-0.3, -0.25) is 0 Å². The van der Waals surface area contributed by atoms with Crippen molar-refractivity contribution in [2.24, 2.45) is 11.5 Å². The van der Waals surface area contributed by atoms with Crippen molar-refractivity contribution in [1.82, 2.24) is 0 Å². The quantitative estimate of drug-likeness (QED) is 0.841. The van der Waals surface area contributed by atoms with Crippen molar-refractivity contribution in [3.8, 4) is 0 Å². The maximum Gasteiger partial charge on any atom is 0.0298 e. The van der Waals surface area contributed by atoms with Crippen LogP contribution in [0.2, 0.25) is 0 Å². The molecule has 0 spiro atoms. The molecule has 0 aromatic heterocycles. The zero-order valence-electron chi connectivity index (χ0n) is 11.8. The SMILES string of the molecule is Cc1cc(C)c(C(N)CCC(C)(C)N)cc1C. The molecule has 0 aliphatic carbocycles. The highest BCUT2D eigenvalue weighted by Gasteiger charge is 2.16. The van der Waals surface area contributed by atoms with E-state index in [1.54, 1.807) is 0 Å². The minimum atomic E-state index is -0.134. The van der Waals surface area contributed by atoms with Crippen LogP contribution in [0.4, 0.5) is 0 Å². The van der Waals surface area contributed by atoms with Crippen LogP contribution in [0.1, 0.15) is 55.0 Å². The Morgan fingerprint density at radius 2 is 1.59 bits per heavy atom. The molecule has 0 fully saturated rings. The van der Waals surface area contributed by atoms with Crippen molar-refractivity contribution < 1.29 is 0 Å². The molecular weight excluding hydrogens is 208 g/mol. The minimum Gasteiger partial charge on any atom is -0.326 e. The third kappa shape index (κ3) is 4.14. The number of nitrogens with two attached hydrogens (primary N) is 2. The van der Waals surface area contributed by atoms with Crippen molar-refractivity contribution in [1.29, 1.82) is 0 Å². The standard InChI is InChI=1S/C15H26N2/c1-10-8-12(3)13(9-11(10)2)14(16)6-7-15(4,5)17/h8-9,14H,6-7,16-17H2,1-5H3. The first-order valence-electron chi connectivity index (χ1n) is 6.33. The Hall–Kier alpha value is -0.860. The van der Waals surface area contributed by atoms with Gasteiger partial charge in [0, 0.05) is 11.6 Å². The second-order valence-electron chi connectivity index (χ2n) is 5.93. The molecule has 0 aliphatic heterocycles. The molecule has 2 nitrogen and oxygen atoms in total. The lowest BCUT2D eigenvalue weighted by atomic mass is 9.90. The zero-order chi connectivity index (χ0) is 13.2. The van der Waals surface area contributed by atoms with E-state index in [4.69, 9.17) is 11.5 Å². The van der Waals surface area contributed by atoms with Gasteiger partial charge in [-0.2, -0.15) is 0 Å². The lowest BCUT2D eigenvalue weighted by Crippen LogP contribution is -2.32. The molecule has 0 amide bonds. The van der Waals surface area contributed by atoms with Crippen LogP contribution in [-0.4, -0.2) is 5.54 Å². The van der Waals surface area contributed by atoms with Crippen molar-refractivity contribution in [2.75, 3.05) is 0 Å². The number of rotatable bonds is 4. The van der Waals surface area contributed by atoms with Crippen LogP contribution in [0.3, 0.4) is 0 Å². The van der Waals surface area contributed by atoms with E-state index in [9.17, 15) is 0 Å². The van der Waals surface area contributed by atoms with Gasteiger partial charge in [0.15, 0.2) is 0 Å². The van der Waals surface area contributed by atoms with Gasteiger partial charge in [-0.05, 0) is 69.7 Å². The average Bonchev–Trinajstić information content (AvgIpc) is 2.19. The topological polar surface area (TPSA) is 52.0 Å².